The summed E-state index contributed by atoms with van der Waals surface area (Å²) in [6, 6.07) is 12.5. The number of hydrogen-bond donors (Lipinski definition) is 0. The molecule has 2 aromatic rings. The van der Waals surface area contributed by atoms with Crippen LogP contribution in [0.15, 0.2) is 42.5 Å². The first-order chi connectivity index (χ1) is 9.58. The summed E-state index contributed by atoms with van der Waals surface area (Å²) in [4.78, 5) is 25.9. The van der Waals surface area contributed by atoms with E-state index in [1.165, 1.54) is 4.90 Å². The van der Waals surface area contributed by atoms with Crippen molar-refractivity contribution in [1.29, 1.82) is 0 Å². The predicted molar refractivity (Wildman–Crippen MR) is 76.8 cm³/mol. The molecule has 2 amide bonds. The Balaban J connectivity index is 1.96. The van der Waals surface area contributed by atoms with E-state index in [0.717, 1.165) is 11.1 Å². The minimum absolute atomic E-state index is 0.199. The molecule has 0 saturated carbocycles. The second kappa shape index (κ2) is 4.76. The van der Waals surface area contributed by atoms with Gasteiger partial charge in [0.05, 0.1) is 17.7 Å². The van der Waals surface area contributed by atoms with E-state index in [9.17, 15) is 9.59 Å². The Morgan fingerprint density at radius 3 is 2.45 bits per heavy atom. The number of halogens is 1. The molecule has 100 valence electrons. The maximum Gasteiger partial charge on any atom is 0.261 e. The zero-order chi connectivity index (χ0) is 14.3. The van der Waals surface area contributed by atoms with Gasteiger partial charge < -0.3 is 0 Å². The molecule has 4 heteroatoms. The number of benzene rings is 2. The van der Waals surface area contributed by atoms with Crippen molar-refractivity contribution in [2.75, 3.05) is 0 Å². The molecule has 0 N–H and O–H groups in total. The van der Waals surface area contributed by atoms with Crippen LogP contribution in [0.1, 0.15) is 31.8 Å². The summed E-state index contributed by atoms with van der Waals surface area (Å²) in [5, 5.41) is 0.556. The smallest absolute Gasteiger partial charge is 0.261 e. The maximum atomic E-state index is 12.3. The lowest BCUT2D eigenvalue weighted by Crippen LogP contribution is -2.29. The fourth-order valence-electron chi connectivity index (χ4n) is 2.35. The molecule has 3 rings (SSSR count). The molecule has 0 radical (unpaired) electrons. The lowest BCUT2D eigenvalue weighted by molar-refractivity contribution is 0.0642. The van der Waals surface area contributed by atoms with E-state index in [4.69, 9.17) is 11.6 Å². The van der Waals surface area contributed by atoms with E-state index < -0.39 is 0 Å². The van der Waals surface area contributed by atoms with Crippen molar-refractivity contribution >= 4 is 23.4 Å². The van der Waals surface area contributed by atoms with Crippen LogP contribution in [0.25, 0.3) is 0 Å². The van der Waals surface area contributed by atoms with Crippen LogP contribution in [-0.2, 0) is 6.54 Å². The Kier molecular flexibility index (Phi) is 3.07. The number of fused-ring (bicyclic) bond motifs is 1. The van der Waals surface area contributed by atoms with Crippen LogP contribution < -0.4 is 0 Å². The molecule has 0 aliphatic carbocycles. The summed E-state index contributed by atoms with van der Waals surface area (Å²) < 4.78 is 0. The Morgan fingerprint density at radius 1 is 1.00 bits per heavy atom. The van der Waals surface area contributed by atoms with E-state index in [-0.39, 0.29) is 18.4 Å². The summed E-state index contributed by atoms with van der Waals surface area (Å²) in [7, 11) is 0. The van der Waals surface area contributed by atoms with Crippen LogP contribution in [0, 0.1) is 6.92 Å². The quantitative estimate of drug-likeness (QED) is 0.793. The SMILES string of the molecule is Cc1ccc2c(c1)C(=O)N(Cc1ccccc1Cl)C2=O. The number of carbonyl (C=O) groups is 2. The van der Waals surface area contributed by atoms with Crippen LogP contribution in [0.5, 0.6) is 0 Å². The van der Waals surface area contributed by atoms with Gasteiger partial charge in [-0.25, -0.2) is 0 Å². The molecule has 0 bridgehead atoms. The van der Waals surface area contributed by atoms with Gasteiger partial charge in [-0.15, -0.1) is 0 Å². The standard InChI is InChI=1S/C16H12ClNO2/c1-10-6-7-12-13(8-10)16(20)18(15(12)19)9-11-4-2-3-5-14(11)17/h2-8H,9H2,1H3. The molecular formula is C16H12ClNO2. The van der Waals surface area contributed by atoms with Gasteiger partial charge in [-0.05, 0) is 30.7 Å². The summed E-state index contributed by atoms with van der Waals surface area (Å²) in [6.07, 6.45) is 0. The Hall–Kier alpha value is -2.13. The zero-order valence-electron chi connectivity index (χ0n) is 10.9. The highest BCUT2D eigenvalue weighted by Gasteiger charge is 2.35. The minimum Gasteiger partial charge on any atom is -0.270 e. The summed E-state index contributed by atoms with van der Waals surface area (Å²) in [5.41, 5.74) is 2.67. The van der Waals surface area contributed by atoms with E-state index >= 15 is 0 Å². The normalized spacial score (nSPS) is 13.8. The van der Waals surface area contributed by atoms with Gasteiger partial charge in [0.1, 0.15) is 0 Å². The van der Waals surface area contributed by atoms with E-state index in [1.807, 2.05) is 31.2 Å². The van der Waals surface area contributed by atoms with Gasteiger partial charge in [-0.2, -0.15) is 0 Å². The van der Waals surface area contributed by atoms with Crippen molar-refractivity contribution in [1.82, 2.24) is 4.90 Å². The first-order valence-electron chi connectivity index (χ1n) is 6.28. The van der Waals surface area contributed by atoms with Gasteiger partial charge in [-0.3, -0.25) is 14.5 Å². The zero-order valence-corrected chi connectivity index (χ0v) is 11.6. The van der Waals surface area contributed by atoms with Gasteiger partial charge in [0.25, 0.3) is 11.8 Å². The van der Waals surface area contributed by atoms with E-state index in [0.29, 0.717) is 16.1 Å². The molecule has 2 aromatic carbocycles. The average molecular weight is 286 g/mol. The highest BCUT2D eigenvalue weighted by molar-refractivity contribution is 6.31. The molecule has 0 unspecified atom stereocenters. The molecule has 0 atom stereocenters. The molecule has 1 aliphatic rings. The molecule has 3 nitrogen and oxygen atoms in total. The number of carbonyl (C=O) groups excluding carboxylic acids is 2. The molecule has 20 heavy (non-hydrogen) atoms. The number of hydrogen-bond acceptors (Lipinski definition) is 2. The van der Waals surface area contributed by atoms with Crippen molar-refractivity contribution in [2.45, 2.75) is 13.5 Å². The molecule has 1 heterocycles. The molecule has 0 fully saturated rings. The first kappa shape index (κ1) is 12.9. The van der Waals surface area contributed by atoms with Crippen molar-refractivity contribution in [3.63, 3.8) is 0 Å². The van der Waals surface area contributed by atoms with Gasteiger partial charge in [-0.1, -0.05) is 41.4 Å². The summed E-state index contributed by atoms with van der Waals surface area (Å²) in [5.74, 6) is -0.515. The second-order valence-corrected chi connectivity index (χ2v) is 5.24. The topological polar surface area (TPSA) is 37.4 Å². The Bertz CT molecular complexity index is 724. The molecule has 0 aromatic heterocycles. The fourth-order valence-corrected chi connectivity index (χ4v) is 2.54. The molecule has 1 aliphatic heterocycles. The number of imide groups is 1. The third-order valence-electron chi connectivity index (χ3n) is 3.41. The predicted octanol–water partition coefficient (Wildman–Crippen LogP) is 3.44. The highest BCUT2D eigenvalue weighted by atomic mass is 35.5. The maximum absolute atomic E-state index is 12.3. The molecular weight excluding hydrogens is 274 g/mol. The van der Waals surface area contributed by atoms with E-state index in [2.05, 4.69) is 0 Å². The van der Waals surface area contributed by atoms with Crippen molar-refractivity contribution < 1.29 is 9.59 Å². The first-order valence-corrected chi connectivity index (χ1v) is 6.66. The summed E-state index contributed by atoms with van der Waals surface area (Å²) in [6.45, 7) is 2.10. The molecule has 0 spiro atoms. The number of rotatable bonds is 2. The number of aryl methyl sites for hydroxylation is 1. The second-order valence-electron chi connectivity index (χ2n) is 4.84. The van der Waals surface area contributed by atoms with Crippen molar-refractivity contribution in [3.8, 4) is 0 Å². The monoisotopic (exact) mass is 285 g/mol. The lowest BCUT2D eigenvalue weighted by atomic mass is 10.1. The molecule has 0 saturated heterocycles. The lowest BCUT2D eigenvalue weighted by Gasteiger charge is -2.14. The minimum atomic E-state index is -0.259. The van der Waals surface area contributed by atoms with Crippen LogP contribution >= 0.6 is 11.6 Å². The number of amides is 2. The highest BCUT2D eigenvalue weighted by Crippen LogP contribution is 2.27. The van der Waals surface area contributed by atoms with Crippen LogP contribution in [0.2, 0.25) is 5.02 Å². The van der Waals surface area contributed by atoms with Crippen LogP contribution in [0.3, 0.4) is 0 Å². The van der Waals surface area contributed by atoms with Crippen molar-refractivity contribution in [2.24, 2.45) is 0 Å². The Morgan fingerprint density at radius 2 is 1.70 bits per heavy atom. The van der Waals surface area contributed by atoms with Crippen molar-refractivity contribution in [3.05, 3.63) is 69.7 Å². The van der Waals surface area contributed by atoms with E-state index in [1.54, 1.807) is 18.2 Å². The average Bonchev–Trinajstić information content (AvgIpc) is 2.66. The third-order valence-corrected chi connectivity index (χ3v) is 3.78. The number of nitrogens with zero attached hydrogens (tertiary/aromatic N) is 1. The van der Waals surface area contributed by atoms with Gasteiger partial charge in [0.2, 0.25) is 0 Å². The third kappa shape index (κ3) is 2.00. The summed E-state index contributed by atoms with van der Waals surface area (Å²) >= 11 is 6.09. The van der Waals surface area contributed by atoms with Gasteiger partial charge >= 0.3 is 0 Å². The van der Waals surface area contributed by atoms with Crippen LogP contribution in [-0.4, -0.2) is 16.7 Å². The Labute approximate surface area is 121 Å². The fraction of sp³-hybridized carbons (Fsp3) is 0.125. The van der Waals surface area contributed by atoms with Gasteiger partial charge in [0.15, 0.2) is 0 Å². The van der Waals surface area contributed by atoms with Crippen LogP contribution in [0.4, 0.5) is 0 Å². The largest absolute Gasteiger partial charge is 0.270 e. The van der Waals surface area contributed by atoms with Gasteiger partial charge in [0, 0.05) is 5.02 Å².